The molecule has 1 heterocycles. The molecule has 0 amide bonds. The lowest BCUT2D eigenvalue weighted by molar-refractivity contribution is 0.491. The van der Waals surface area contributed by atoms with Crippen LogP contribution < -0.4 is 21.1 Å². The van der Waals surface area contributed by atoms with Gasteiger partial charge in [0.05, 0.1) is 9.77 Å². The highest BCUT2D eigenvalue weighted by molar-refractivity contribution is 7.89. The number of nitrogens with zero attached hydrogens (tertiary/aromatic N) is 1. The molecule has 0 bridgehead atoms. The first-order valence-corrected chi connectivity index (χ1v) is 13.1. The molecule has 0 aliphatic heterocycles. The van der Waals surface area contributed by atoms with Crippen LogP contribution in [0.4, 0.5) is 11.4 Å². The molecule has 0 fully saturated rings. The van der Waals surface area contributed by atoms with Gasteiger partial charge in [-0.2, -0.15) is 0 Å². The molecule has 1 aromatic heterocycles. The number of nitrogens with two attached hydrogens (primary N) is 1. The lowest BCUT2D eigenvalue weighted by atomic mass is 10.1. The summed E-state index contributed by atoms with van der Waals surface area (Å²) in [5, 5.41) is 7.64. The summed E-state index contributed by atoms with van der Waals surface area (Å²) in [6.45, 7) is 9.43. The Bertz CT molecular complexity index is 1240. The first-order chi connectivity index (χ1) is 15.3. The van der Waals surface area contributed by atoms with Crippen LogP contribution in [0.3, 0.4) is 0 Å². The third-order valence-electron chi connectivity index (χ3n) is 4.32. The summed E-state index contributed by atoms with van der Waals surface area (Å²) in [7, 11) is -3.78. The number of thiocarbonyl (C=S) groups is 1. The number of rotatable bonds is 6. The molecule has 2 aromatic carbocycles. The lowest BCUT2D eigenvalue weighted by Crippen LogP contribution is -2.40. The molecular formula is C23H29N5O2S3. The Morgan fingerprint density at radius 3 is 2.39 bits per heavy atom. The van der Waals surface area contributed by atoms with E-state index in [1.807, 2.05) is 38.1 Å². The molecule has 33 heavy (non-hydrogen) atoms. The average molecular weight is 504 g/mol. The Labute approximate surface area is 204 Å². The van der Waals surface area contributed by atoms with Crippen LogP contribution in [-0.4, -0.2) is 30.1 Å². The molecule has 0 aliphatic rings. The molecule has 10 heteroatoms. The van der Waals surface area contributed by atoms with Crippen LogP contribution in [0.15, 0.2) is 53.6 Å². The monoisotopic (exact) mass is 503 g/mol. The van der Waals surface area contributed by atoms with Crippen molar-refractivity contribution in [2.75, 3.05) is 11.1 Å². The predicted molar refractivity (Wildman–Crippen MR) is 142 cm³/mol. The normalized spacial score (nSPS) is 12.1. The zero-order chi connectivity index (χ0) is 24.4. The maximum atomic E-state index is 13.1. The first kappa shape index (κ1) is 25.1. The molecule has 176 valence electrons. The van der Waals surface area contributed by atoms with Crippen molar-refractivity contribution in [1.82, 2.24) is 15.0 Å². The van der Waals surface area contributed by atoms with Gasteiger partial charge in [0.25, 0.3) is 0 Å². The van der Waals surface area contributed by atoms with Crippen LogP contribution in [0, 0.1) is 0 Å². The van der Waals surface area contributed by atoms with Crippen molar-refractivity contribution in [3.8, 4) is 21.0 Å². The SMILES string of the molecule is CC(C)NC(=S)Nc1ccc(-c2ncc(-c3ccc(N)cc3S(=O)(=O)NC(C)(C)C)s2)cc1. The summed E-state index contributed by atoms with van der Waals surface area (Å²) in [6.07, 6.45) is 1.69. The van der Waals surface area contributed by atoms with E-state index in [1.165, 1.54) is 17.4 Å². The maximum Gasteiger partial charge on any atom is 0.241 e. The van der Waals surface area contributed by atoms with Crippen molar-refractivity contribution in [3.05, 3.63) is 48.7 Å². The molecule has 5 N–H and O–H groups in total. The fraction of sp³-hybridized carbons (Fsp3) is 0.304. The van der Waals surface area contributed by atoms with E-state index in [-0.39, 0.29) is 10.9 Å². The average Bonchev–Trinajstić information content (AvgIpc) is 3.16. The molecule has 0 saturated carbocycles. The Balaban J connectivity index is 1.89. The largest absolute Gasteiger partial charge is 0.399 e. The Morgan fingerprint density at radius 2 is 1.79 bits per heavy atom. The zero-order valence-corrected chi connectivity index (χ0v) is 21.7. The van der Waals surface area contributed by atoms with Gasteiger partial charge in [-0.25, -0.2) is 18.1 Å². The number of nitrogens with one attached hydrogen (secondary N) is 3. The summed E-state index contributed by atoms with van der Waals surface area (Å²) in [6, 6.07) is 12.9. The van der Waals surface area contributed by atoms with E-state index in [1.54, 1.807) is 39.1 Å². The van der Waals surface area contributed by atoms with Crippen molar-refractivity contribution in [1.29, 1.82) is 0 Å². The molecule has 0 saturated heterocycles. The van der Waals surface area contributed by atoms with Gasteiger partial charge in [-0.15, -0.1) is 11.3 Å². The fourth-order valence-corrected chi connectivity index (χ4v) is 6.13. The van der Waals surface area contributed by atoms with E-state index in [0.29, 0.717) is 16.4 Å². The molecule has 0 unspecified atom stereocenters. The zero-order valence-electron chi connectivity index (χ0n) is 19.3. The van der Waals surface area contributed by atoms with Crippen molar-refractivity contribution in [3.63, 3.8) is 0 Å². The number of nitrogen functional groups attached to an aromatic ring is 1. The Hall–Kier alpha value is -2.53. The van der Waals surface area contributed by atoms with Crippen LogP contribution in [0.25, 0.3) is 21.0 Å². The van der Waals surface area contributed by atoms with Gasteiger partial charge in [0, 0.05) is 40.3 Å². The number of hydrogen-bond acceptors (Lipinski definition) is 6. The van der Waals surface area contributed by atoms with E-state index in [0.717, 1.165) is 21.1 Å². The highest BCUT2D eigenvalue weighted by atomic mass is 32.2. The highest BCUT2D eigenvalue weighted by Gasteiger charge is 2.26. The molecule has 0 radical (unpaired) electrons. The van der Waals surface area contributed by atoms with Crippen LogP contribution in [0.2, 0.25) is 0 Å². The van der Waals surface area contributed by atoms with Crippen molar-refractivity contribution in [2.45, 2.75) is 51.1 Å². The number of hydrogen-bond donors (Lipinski definition) is 4. The summed E-state index contributed by atoms with van der Waals surface area (Å²) in [4.78, 5) is 5.40. The van der Waals surface area contributed by atoms with Crippen molar-refractivity contribution in [2.24, 2.45) is 0 Å². The van der Waals surface area contributed by atoms with E-state index in [4.69, 9.17) is 18.0 Å². The minimum absolute atomic E-state index is 0.137. The van der Waals surface area contributed by atoms with Crippen LogP contribution >= 0.6 is 23.6 Å². The van der Waals surface area contributed by atoms with Crippen LogP contribution in [0.1, 0.15) is 34.6 Å². The van der Waals surface area contributed by atoms with Crippen molar-refractivity contribution >= 4 is 50.1 Å². The maximum absolute atomic E-state index is 13.1. The number of anilines is 2. The molecule has 7 nitrogen and oxygen atoms in total. The minimum Gasteiger partial charge on any atom is -0.399 e. The summed E-state index contributed by atoms with van der Waals surface area (Å²) < 4.78 is 28.8. The molecule has 0 spiro atoms. The second-order valence-electron chi connectivity index (χ2n) is 8.97. The molecule has 0 atom stereocenters. The fourth-order valence-electron chi connectivity index (χ4n) is 3.08. The third-order valence-corrected chi connectivity index (χ3v) is 7.41. The predicted octanol–water partition coefficient (Wildman–Crippen LogP) is 4.83. The summed E-state index contributed by atoms with van der Waals surface area (Å²) in [5.74, 6) is 0. The number of thiazole rings is 1. The van der Waals surface area contributed by atoms with E-state index in [9.17, 15) is 8.42 Å². The Kier molecular flexibility index (Phi) is 7.42. The van der Waals surface area contributed by atoms with Gasteiger partial charge >= 0.3 is 0 Å². The second kappa shape index (κ2) is 9.76. The lowest BCUT2D eigenvalue weighted by Gasteiger charge is -2.21. The van der Waals surface area contributed by atoms with Crippen LogP contribution in [-0.2, 0) is 10.0 Å². The molecule has 3 rings (SSSR count). The summed E-state index contributed by atoms with van der Waals surface area (Å²) >= 11 is 6.70. The molecular weight excluding hydrogens is 474 g/mol. The third kappa shape index (κ3) is 6.73. The highest BCUT2D eigenvalue weighted by Crippen LogP contribution is 2.36. The Morgan fingerprint density at radius 1 is 1.12 bits per heavy atom. The molecule has 0 aliphatic carbocycles. The van der Waals surface area contributed by atoms with E-state index in [2.05, 4.69) is 20.3 Å². The molecule has 3 aromatic rings. The van der Waals surface area contributed by atoms with Gasteiger partial charge in [0.2, 0.25) is 10.0 Å². The van der Waals surface area contributed by atoms with E-state index < -0.39 is 15.6 Å². The van der Waals surface area contributed by atoms with Gasteiger partial charge < -0.3 is 16.4 Å². The van der Waals surface area contributed by atoms with Crippen LogP contribution in [0.5, 0.6) is 0 Å². The topological polar surface area (TPSA) is 109 Å². The second-order valence-corrected chi connectivity index (χ2v) is 12.1. The standard InChI is InChI=1S/C23H29N5O2S3/c1-14(2)26-22(31)27-17-9-6-15(7-10-17)21-25-13-19(32-21)18-11-8-16(24)12-20(18)33(29,30)28-23(3,4)5/h6-14,28H,24H2,1-5H3,(H2,26,27,31). The van der Waals surface area contributed by atoms with Crippen molar-refractivity contribution < 1.29 is 8.42 Å². The van der Waals surface area contributed by atoms with E-state index >= 15 is 0 Å². The smallest absolute Gasteiger partial charge is 0.241 e. The van der Waals surface area contributed by atoms with Gasteiger partial charge in [-0.3, -0.25) is 0 Å². The number of sulfonamides is 1. The summed E-state index contributed by atoms with van der Waals surface area (Å²) in [5.41, 5.74) is 8.03. The van der Waals surface area contributed by atoms with Gasteiger partial charge in [0.15, 0.2) is 5.11 Å². The van der Waals surface area contributed by atoms with Gasteiger partial charge in [-0.05, 0) is 83.2 Å². The minimum atomic E-state index is -3.78. The number of benzene rings is 2. The first-order valence-electron chi connectivity index (χ1n) is 10.4. The number of aromatic nitrogens is 1. The van der Waals surface area contributed by atoms with Gasteiger partial charge in [-0.1, -0.05) is 6.07 Å². The quantitative estimate of drug-likeness (QED) is 0.282. The van der Waals surface area contributed by atoms with Gasteiger partial charge in [0.1, 0.15) is 5.01 Å².